The molecule has 0 radical (unpaired) electrons. The monoisotopic (exact) mass is 247 g/mol. The topological polar surface area (TPSA) is 3.24 Å². The van der Waals surface area contributed by atoms with E-state index in [1.54, 1.807) is 4.90 Å². The van der Waals surface area contributed by atoms with Crippen molar-refractivity contribution in [2.24, 2.45) is 0 Å². The predicted octanol–water partition coefficient (Wildman–Crippen LogP) is 2.65. The Balaban J connectivity index is 3.90. The van der Waals surface area contributed by atoms with Gasteiger partial charge in [0.15, 0.2) is 0 Å². The first-order valence-electron chi connectivity index (χ1n) is 3.84. The van der Waals surface area contributed by atoms with Gasteiger partial charge in [0.1, 0.15) is 4.83 Å². The van der Waals surface area contributed by atoms with Crippen LogP contribution in [0.15, 0.2) is 0 Å². The molecule has 0 aliphatic rings. The normalized spacial score (nSPS) is 15.2. The molecule has 0 spiro atoms. The molecular weight excluding hydrogens is 235 g/mol. The van der Waals surface area contributed by atoms with E-state index in [0.717, 1.165) is 0 Å². The average Bonchev–Trinajstić information content (AvgIpc) is 1.97. The molecule has 0 amide bonds. The lowest BCUT2D eigenvalue weighted by atomic mass is 10.3. The highest BCUT2D eigenvalue weighted by atomic mass is 79.9. The van der Waals surface area contributed by atoms with Gasteiger partial charge in [0, 0.05) is 6.54 Å². The molecular formula is C7H13BrF3N. The number of nitrogens with zero attached hydrogens (tertiary/aromatic N) is 1. The molecule has 1 unspecified atom stereocenters. The zero-order valence-electron chi connectivity index (χ0n) is 7.16. The summed E-state index contributed by atoms with van der Waals surface area (Å²) in [5.74, 6) is 0. The molecule has 0 aliphatic carbocycles. The first kappa shape index (κ1) is 12.2. The van der Waals surface area contributed by atoms with E-state index >= 15 is 0 Å². The van der Waals surface area contributed by atoms with Crippen LogP contribution in [0.2, 0.25) is 0 Å². The van der Waals surface area contributed by atoms with Gasteiger partial charge in [-0.25, -0.2) is 0 Å². The van der Waals surface area contributed by atoms with Crippen molar-refractivity contribution >= 4 is 15.9 Å². The highest BCUT2D eigenvalue weighted by molar-refractivity contribution is 9.09. The minimum absolute atomic E-state index is 0.0243. The van der Waals surface area contributed by atoms with E-state index in [4.69, 9.17) is 0 Å². The van der Waals surface area contributed by atoms with Crippen LogP contribution in [0.1, 0.15) is 13.8 Å². The first-order chi connectivity index (χ1) is 5.41. The van der Waals surface area contributed by atoms with E-state index in [0.29, 0.717) is 13.1 Å². The summed E-state index contributed by atoms with van der Waals surface area (Å²) in [6, 6.07) is 0. The Morgan fingerprint density at radius 2 is 1.67 bits per heavy atom. The fourth-order valence-corrected chi connectivity index (χ4v) is 1.22. The first-order valence-corrected chi connectivity index (χ1v) is 4.76. The van der Waals surface area contributed by atoms with Gasteiger partial charge in [-0.3, -0.25) is 0 Å². The second-order valence-electron chi connectivity index (χ2n) is 2.49. The molecule has 5 heteroatoms. The summed E-state index contributed by atoms with van der Waals surface area (Å²) in [4.78, 5) is 0.317. The van der Waals surface area contributed by atoms with Crippen LogP contribution in [-0.2, 0) is 0 Å². The summed E-state index contributed by atoms with van der Waals surface area (Å²) < 4.78 is 36.0. The van der Waals surface area contributed by atoms with Gasteiger partial charge < -0.3 is 4.90 Å². The molecule has 1 atom stereocenters. The maximum absolute atomic E-state index is 12.0. The standard InChI is InChI=1S/C7H13BrF3N/c1-3-12(4-2)5-6(8)7(9,10)11/h6H,3-5H2,1-2H3. The lowest BCUT2D eigenvalue weighted by molar-refractivity contribution is -0.130. The van der Waals surface area contributed by atoms with Crippen LogP contribution < -0.4 is 0 Å². The number of rotatable bonds is 4. The van der Waals surface area contributed by atoms with Gasteiger partial charge in [-0.2, -0.15) is 13.2 Å². The molecule has 0 aromatic carbocycles. The van der Waals surface area contributed by atoms with Gasteiger partial charge in [0.25, 0.3) is 0 Å². The fourth-order valence-electron chi connectivity index (χ4n) is 0.812. The molecule has 0 aromatic rings. The smallest absolute Gasteiger partial charge is 0.302 e. The summed E-state index contributed by atoms with van der Waals surface area (Å²) >= 11 is 2.61. The Morgan fingerprint density at radius 1 is 1.25 bits per heavy atom. The van der Waals surface area contributed by atoms with E-state index in [2.05, 4.69) is 15.9 Å². The lowest BCUT2D eigenvalue weighted by Crippen LogP contribution is -2.37. The van der Waals surface area contributed by atoms with Gasteiger partial charge in [-0.05, 0) is 13.1 Å². The molecule has 0 rings (SSSR count). The van der Waals surface area contributed by atoms with Crippen molar-refractivity contribution in [1.29, 1.82) is 0 Å². The van der Waals surface area contributed by atoms with E-state index in [9.17, 15) is 13.2 Å². The van der Waals surface area contributed by atoms with Crippen molar-refractivity contribution in [2.75, 3.05) is 19.6 Å². The highest BCUT2D eigenvalue weighted by Crippen LogP contribution is 2.26. The zero-order chi connectivity index (χ0) is 9.78. The largest absolute Gasteiger partial charge is 0.402 e. The van der Waals surface area contributed by atoms with Crippen LogP contribution in [0.4, 0.5) is 13.2 Å². The summed E-state index contributed by atoms with van der Waals surface area (Å²) in [6.45, 7) is 5.01. The van der Waals surface area contributed by atoms with Crippen LogP contribution in [0.25, 0.3) is 0 Å². The van der Waals surface area contributed by atoms with Crippen molar-refractivity contribution in [3.8, 4) is 0 Å². The lowest BCUT2D eigenvalue weighted by Gasteiger charge is -2.22. The van der Waals surface area contributed by atoms with E-state index in [1.807, 2.05) is 13.8 Å². The maximum atomic E-state index is 12.0. The molecule has 0 aliphatic heterocycles. The van der Waals surface area contributed by atoms with E-state index in [-0.39, 0.29) is 6.54 Å². The highest BCUT2D eigenvalue weighted by Gasteiger charge is 2.38. The summed E-state index contributed by atoms with van der Waals surface area (Å²) in [5.41, 5.74) is 0. The van der Waals surface area contributed by atoms with Gasteiger partial charge in [0.05, 0.1) is 0 Å². The van der Waals surface area contributed by atoms with Crippen molar-refractivity contribution in [1.82, 2.24) is 4.90 Å². The Labute approximate surface area is 79.1 Å². The van der Waals surface area contributed by atoms with Crippen molar-refractivity contribution in [3.05, 3.63) is 0 Å². The van der Waals surface area contributed by atoms with Crippen LogP contribution in [0.5, 0.6) is 0 Å². The Kier molecular flexibility index (Phi) is 5.16. The number of hydrogen-bond donors (Lipinski definition) is 0. The maximum Gasteiger partial charge on any atom is 0.402 e. The molecule has 0 saturated heterocycles. The molecule has 0 bridgehead atoms. The van der Waals surface area contributed by atoms with E-state index in [1.165, 1.54) is 0 Å². The number of hydrogen-bond acceptors (Lipinski definition) is 1. The molecule has 74 valence electrons. The molecule has 0 heterocycles. The average molecular weight is 248 g/mol. The molecule has 12 heavy (non-hydrogen) atoms. The summed E-state index contributed by atoms with van der Waals surface area (Å²) in [5, 5.41) is 0. The number of halogens is 4. The molecule has 0 fully saturated rings. The predicted molar refractivity (Wildman–Crippen MR) is 46.6 cm³/mol. The van der Waals surface area contributed by atoms with Crippen LogP contribution >= 0.6 is 15.9 Å². The minimum atomic E-state index is -4.14. The number of alkyl halides is 4. The molecule has 1 nitrogen and oxygen atoms in total. The van der Waals surface area contributed by atoms with Crippen molar-refractivity contribution in [2.45, 2.75) is 24.9 Å². The second-order valence-corrected chi connectivity index (χ2v) is 3.60. The van der Waals surface area contributed by atoms with Crippen molar-refractivity contribution < 1.29 is 13.2 Å². The Bertz CT molecular complexity index is 122. The third-order valence-electron chi connectivity index (χ3n) is 1.67. The van der Waals surface area contributed by atoms with Gasteiger partial charge in [-0.15, -0.1) is 0 Å². The zero-order valence-corrected chi connectivity index (χ0v) is 8.74. The van der Waals surface area contributed by atoms with E-state index < -0.39 is 11.0 Å². The quantitative estimate of drug-likeness (QED) is 0.691. The Morgan fingerprint density at radius 3 is 1.92 bits per heavy atom. The molecule has 0 saturated carbocycles. The SMILES string of the molecule is CCN(CC)CC(Br)C(F)(F)F. The summed E-state index contributed by atoms with van der Waals surface area (Å²) in [6.07, 6.45) is -4.14. The second kappa shape index (κ2) is 5.07. The molecule has 0 N–H and O–H groups in total. The minimum Gasteiger partial charge on any atom is -0.302 e. The van der Waals surface area contributed by atoms with Gasteiger partial charge in [-0.1, -0.05) is 29.8 Å². The van der Waals surface area contributed by atoms with Crippen LogP contribution in [0, 0.1) is 0 Å². The fraction of sp³-hybridized carbons (Fsp3) is 1.00. The third kappa shape index (κ3) is 4.30. The van der Waals surface area contributed by atoms with Crippen LogP contribution in [0.3, 0.4) is 0 Å². The van der Waals surface area contributed by atoms with Gasteiger partial charge >= 0.3 is 6.18 Å². The third-order valence-corrected chi connectivity index (χ3v) is 2.48. The Hall–Kier alpha value is 0.230. The van der Waals surface area contributed by atoms with Gasteiger partial charge in [0.2, 0.25) is 0 Å². The van der Waals surface area contributed by atoms with Crippen LogP contribution in [-0.4, -0.2) is 35.5 Å². The summed E-state index contributed by atoms with van der Waals surface area (Å²) in [7, 11) is 0. The molecule has 0 aromatic heterocycles. The van der Waals surface area contributed by atoms with Crippen molar-refractivity contribution in [3.63, 3.8) is 0 Å².